The molecule has 0 spiro atoms. The third-order valence-electron chi connectivity index (χ3n) is 3.77. The molecule has 0 aliphatic carbocycles. The third-order valence-corrected chi connectivity index (χ3v) is 3.77. The van der Waals surface area contributed by atoms with Crippen LogP contribution in [0.4, 0.5) is 5.69 Å². The lowest BCUT2D eigenvalue weighted by molar-refractivity contribution is -0.119. The van der Waals surface area contributed by atoms with E-state index in [1.807, 2.05) is 24.3 Å². The summed E-state index contributed by atoms with van der Waals surface area (Å²) < 4.78 is 0. The number of nitrogens with zero attached hydrogens (tertiary/aromatic N) is 1. The average molecular weight is 281 g/mol. The third kappa shape index (κ3) is 2.47. The maximum Gasteiger partial charge on any atom is 0.244 e. The molecule has 3 N–H and O–H groups in total. The standard InChI is InChI=1S/C16H15N3O2/c17-9-10-5-6-13(12-4-2-1-3-11(10)12)19-16(21)15-14(20)7-8-18-15/h1-6,14-15,18,20H,7-8H2,(H,19,21). The molecule has 1 aliphatic rings. The minimum absolute atomic E-state index is 0.255. The van der Waals surface area contributed by atoms with Crippen LogP contribution < -0.4 is 10.6 Å². The van der Waals surface area contributed by atoms with Gasteiger partial charge in [0, 0.05) is 16.5 Å². The summed E-state index contributed by atoms with van der Waals surface area (Å²) in [5, 5.41) is 26.3. The Bertz CT molecular complexity index is 736. The summed E-state index contributed by atoms with van der Waals surface area (Å²) in [4.78, 5) is 12.2. The van der Waals surface area contributed by atoms with E-state index in [1.54, 1.807) is 12.1 Å². The number of carbonyl (C=O) groups excluding carboxylic acids is 1. The number of fused-ring (bicyclic) bond motifs is 1. The Balaban J connectivity index is 1.95. The summed E-state index contributed by atoms with van der Waals surface area (Å²) in [5.74, 6) is -0.255. The fourth-order valence-electron chi connectivity index (χ4n) is 2.67. The zero-order valence-electron chi connectivity index (χ0n) is 11.3. The van der Waals surface area contributed by atoms with Gasteiger partial charge in [0.25, 0.3) is 0 Å². The predicted octanol–water partition coefficient (Wildman–Crippen LogP) is 1.37. The molecule has 0 radical (unpaired) electrons. The smallest absolute Gasteiger partial charge is 0.244 e. The molecule has 5 nitrogen and oxygen atoms in total. The lowest BCUT2D eigenvalue weighted by atomic mass is 10.0. The molecule has 0 bridgehead atoms. The maximum atomic E-state index is 12.2. The highest BCUT2D eigenvalue weighted by Gasteiger charge is 2.31. The first-order valence-electron chi connectivity index (χ1n) is 6.85. The largest absolute Gasteiger partial charge is 0.391 e. The van der Waals surface area contributed by atoms with Crippen LogP contribution in [0.15, 0.2) is 36.4 Å². The number of nitriles is 1. The summed E-state index contributed by atoms with van der Waals surface area (Å²) in [6, 6.07) is 12.4. The van der Waals surface area contributed by atoms with Crippen molar-refractivity contribution in [3.8, 4) is 6.07 Å². The van der Waals surface area contributed by atoms with Crippen molar-refractivity contribution in [2.24, 2.45) is 0 Å². The molecular formula is C16H15N3O2. The first kappa shape index (κ1) is 13.6. The number of hydrogen-bond donors (Lipinski definition) is 3. The zero-order valence-corrected chi connectivity index (χ0v) is 11.3. The number of anilines is 1. The van der Waals surface area contributed by atoms with Crippen LogP contribution in [0.1, 0.15) is 12.0 Å². The minimum atomic E-state index is -0.658. The Morgan fingerprint density at radius 3 is 2.71 bits per heavy atom. The van der Waals surface area contributed by atoms with E-state index in [4.69, 9.17) is 5.26 Å². The molecule has 1 heterocycles. The number of hydrogen-bond acceptors (Lipinski definition) is 4. The van der Waals surface area contributed by atoms with Crippen LogP contribution in [0, 0.1) is 11.3 Å². The number of rotatable bonds is 2. The van der Waals surface area contributed by atoms with Crippen LogP contribution in [-0.4, -0.2) is 29.7 Å². The van der Waals surface area contributed by atoms with E-state index in [-0.39, 0.29) is 5.91 Å². The molecule has 1 amide bonds. The van der Waals surface area contributed by atoms with E-state index in [2.05, 4.69) is 16.7 Å². The van der Waals surface area contributed by atoms with Gasteiger partial charge in [-0.3, -0.25) is 4.79 Å². The van der Waals surface area contributed by atoms with Crippen LogP contribution in [0.25, 0.3) is 10.8 Å². The number of nitrogens with one attached hydrogen (secondary N) is 2. The Labute approximate surface area is 122 Å². The fraction of sp³-hybridized carbons (Fsp3) is 0.250. The zero-order chi connectivity index (χ0) is 14.8. The van der Waals surface area contributed by atoms with Gasteiger partial charge in [0.15, 0.2) is 0 Å². The SMILES string of the molecule is N#Cc1ccc(NC(=O)C2NCCC2O)c2ccccc12. The summed E-state index contributed by atoms with van der Waals surface area (Å²) in [6.07, 6.45) is -0.0821. The van der Waals surface area contributed by atoms with Crippen molar-refractivity contribution in [2.75, 3.05) is 11.9 Å². The number of carbonyl (C=O) groups is 1. The minimum Gasteiger partial charge on any atom is -0.391 e. The van der Waals surface area contributed by atoms with Gasteiger partial charge >= 0.3 is 0 Å². The summed E-state index contributed by atoms with van der Waals surface area (Å²) in [6.45, 7) is 0.632. The van der Waals surface area contributed by atoms with Gasteiger partial charge in [-0.15, -0.1) is 0 Å². The van der Waals surface area contributed by atoms with Crippen LogP contribution in [0.3, 0.4) is 0 Å². The monoisotopic (exact) mass is 281 g/mol. The second-order valence-electron chi connectivity index (χ2n) is 5.10. The van der Waals surface area contributed by atoms with Crippen molar-refractivity contribution in [1.29, 1.82) is 5.26 Å². The highest BCUT2D eigenvalue weighted by Crippen LogP contribution is 2.26. The van der Waals surface area contributed by atoms with E-state index < -0.39 is 12.1 Å². The molecule has 2 aromatic rings. The van der Waals surface area contributed by atoms with Gasteiger partial charge in [0.05, 0.1) is 17.7 Å². The molecule has 106 valence electrons. The van der Waals surface area contributed by atoms with Crippen molar-refractivity contribution in [2.45, 2.75) is 18.6 Å². The lowest BCUT2D eigenvalue weighted by Crippen LogP contribution is -2.42. The van der Waals surface area contributed by atoms with Gasteiger partial charge in [0.1, 0.15) is 6.04 Å². The molecule has 0 saturated carbocycles. The Kier molecular flexibility index (Phi) is 3.57. The molecular weight excluding hydrogens is 266 g/mol. The normalized spacial score (nSPS) is 21.1. The highest BCUT2D eigenvalue weighted by atomic mass is 16.3. The van der Waals surface area contributed by atoms with Crippen molar-refractivity contribution >= 4 is 22.4 Å². The topological polar surface area (TPSA) is 85.2 Å². The van der Waals surface area contributed by atoms with E-state index in [9.17, 15) is 9.90 Å². The van der Waals surface area contributed by atoms with E-state index >= 15 is 0 Å². The van der Waals surface area contributed by atoms with E-state index in [0.717, 1.165) is 10.8 Å². The van der Waals surface area contributed by atoms with Crippen molar-refractivity contribution < 1.29 is 9.90 Å². The Morgan fingerprint density at radius 2 is 2.05 bits per heavy atom. The average Bonchev–Trinajstić information content (AvgIpc) is 2.94. The lowest BCUT2D eigenvalue weighted by Gasteiger charge is -2.16. The predicted molar refractivity (Wildman–Crippen MR) is 79.7 cm³/mol. The first-order chi connectivity index (χ1) is 10.2. The maximum absolute atomic E-state index is 12.2. The summed E-state index contributed by atoms with van der Waals surface area (Å²) in [7, 11) is 0. The van der Waals surface area contributed by atoms with Crippen molar-refractivity contribution in [1.82, 2.24) is 5.32 Å². The van der Waals surface area contributed by atoms with Gasteiger partial charge in [-0.1, -0.05) is 24.3 Å². The molecule has 2 atom stereocenters. The van der Waals surface area contributed by atoms with Crippen molar-refractivity contribution in [3.63, 3.8) is 0 Å². The fourth-order valence-corrected chi connectivity index (χ4v) is 2.67. The molecule has 1 fully saturated rings. The molecule has 5 heteroatoms. The summed E-state index contributed by atoms with van der Waals surface area (Å²) >= 11 is 0. The quantitative estimate of drug-likeness (QED) is 0.776. The van der Waals surface area contributed by atoms with Crippen LogP contribution >= 0.6 is 0 Å². The van der Waals surface area contributed by atoms with Crippen molar-refractivity contribution in [3.05, 3.63) is 42.0 Å². The number of amides is 1. The molecule has 3 rings (SSSR count). The molecule has 2 unspecified atom stereocenters. The number of aliphatic hydroxyl groups excluding tert-OH is 1. The molecule has 2 aromatic carbocycles. The second kappa shape index (κ2) is 5.52. The summed E-state index contributed by atoms with van der Waals surface area (Å²) in [5.41, 5.74) is 1.22. The van der Waals surface area contributed by atoms with Crippen LogP contribution in [0.2, 0.25) is 0 Å². The van der Waals surface area contributed by atoms with Gasteiger partial charge in [-0.25, -0.2) is 0 Å². The second-order valence-corrected chi connectivity index (χ2v) is 5.10. The Morgan fingerprint density at radius 1 is 1.29 bits per heavy atom. The Hall–Kier alpha value is -2.42. The molecule has 1 aliphatic heterocycles. The van der Waals surface area contributed by atoms with Gasteiger partial charge < -0.3 is 15.7 Å². The van der Waals surface area contributed by atoms with Crippen LogP contribution in [-0.2, 0) is 4.79 Å². The van der Waals surface area contributed by atoms with Gasteiger partial charge in [0.2, 0.25) is 5.91 Å². The van der Waals surface area contributed by atoms with Gasteiger partial charge in [-0.2, -0.15) is 5.26 Å². The first-order valence-corrected chi connectivity index (χ1v) is 6.85. The molecule has 1 saturated heterocycles. The molecule has 0 aromatic heterocycles. The van der Waals surface area contributed by atoms with E-state index in [1.165, 1.54) is 0 Å². The van der Waals surface area contributed by atoms with E-state index in [0.29, 0.717) is 24.2 Å². The van der Waals surface area contributed by atoms with Crippen LogP contribution in [0.5, 0.6) is 0 Å². The number of aliphatic hydroxyl groups is 1. The number of benzene rings is 2. The molecule has 21 heavy (non-hydrogen) atoms. The van der Waals surface area contributed by atoms with Gasteiger partial charge in [-0.05, 0) is 25.1 Å². The highest BCUT2D eigenvalue weighted by molar-refractivity contribution is 6.05.